The Morgan fingerprint density at radius 1 is 1.24 bits per heavy atom. The Morgan fingerprint density at radius 2 is 2.00 bits per heavy atom. The van der Waals surface area contributed by atoms with E-state index in [9.17, 15) is 19.1 Å². The summed E-state index contributed by atoms with van der Waals surface area (Å²) in [4.78, 5) is 33.5. The van der Waals surface area contributed by atoms with Gasteiger partial charge in [-0.15, -0.1) is 0 Å². The summed E-state index contributed by atoms with van der Waals surface area (Å²) in [5.41, 5.74) is 2.32. The van der Waals surface area contributed by atoms with Crippen molar-refractivity contribution in [2.24, 2.45) is 0 Å². The minimum absolute atomic E-state index is 0.0806. The summed E-state index contributed by atoms with van der Waals surface area (Å²) in [5, 5.41) is 15.9. The zero-order valence-electron chi connectivity index (χ0n) is 23.3. The number of nitrogens with one attached hydrogen (secondary N) is 2. The molecule has 3 rings (SSSR count). The zero-order valence-corrected chi connectivity index (χ0v) is 23.3. The van der Waals surface area contributed by atoms with Gasteiger partial charge in [-0.2, -0.15) is 0 Å². The van der Waals surface area contributed by atoms with E-state index in [1.54, 1.807) is 4.90 Å². The van der Waals surface area contributed by atoms with Crippen molar-refractivity contribution < 1.29 is 23.8 Å². The molecule has 9 nitrogen and oxygen atoms in total. The number of rotatable bonds is 14. The molecule has 0 saturated carbocycles. The van der Waals surface area contributed by atoms with E-state index in [2.05, 4.69) is 22.8 Å². The molecule has 2 amide bonds. The van der Waals surface area contributed by atoms with Crippen molar-refractivity contribution in [3.8, 4) is 0 Å². The maximum absolute atomic E-state index is 13.4. The van der Waals surface area contributed by atoms with Crippen LogP contribution in [0.1, 0.15) is 70.1 Å². The predicted molar refractivity (Wildman–Crippen MR) is 146 cm³/mol. The summed E-state index contributed by atoms with van der Waals surface area (Å²) in [5.74, 6) is -0.0622. The third kappa shape index (κ3) is 8.80. The Hall–Kier alpha value is -2.46. The molecule has 4 atom stereocenters. The Kier molecular flexibility index (Phi) is 12.0. The minimum atomic E-state index is -1.06. The Bertz CT molecular complexity index is 890. The number of aliphatic carboxylic acids is 1. The number of alkyl halides is 1. The molecular formula is C28H46FN5O4. The van der Waals surface area contributed by atoms with Crippen LogP contribution in [0.3, 0.4) is 0 Å². The van der Waals surface area contributed by atoms with Gasteiger partial charge in [-0.3, -0.25) is 0 Å². The number of aryl methyl sites for hydroxylation is 2. The van der Waals surface area contributed by atoms with E-state index in [0.29, 0.717) is 19.6 Å². The van der Waals surface area contributed by atoms with Gasteiger partial charge in [0.15, 0.2) is 0 Å². The van der Waals surface area contributed by atoms with E-state index in [4.69, 9.17) is 9.72 Å². The lowest BCUT2D eigenvalue weighted by Crippen LogP contribution is -2.55. The van der Waals surface area contributed by atoms with E-state index < -0.39 is 24.8 Å². The van der Waals surface area contributed by atoms with Gasteiger partial charge >= 0.3 is 12.0 Å². The lowest BCUT2D eigenvalue weighted by atomic mass is 9.98. The average Bonchev–Trinajstić information content (AvgIpc) is 2.91. The normalized spacial score (nSPS) is 20.9. The van der Waals surface area contributed by atoms with E-state index in [1.807, 2.05) is 18.7 Å². The molecule has 2 aliphatic heterocycles. The minimum Gasteiger partial charge on any atom is -0.480 e. The molecular weight excluding hydrogens is 489 g/mol. The third-order valence-corrected chi connectivity index (χ3v) is 7.83. The molecule has 3 heterocycles. The number of hydrogen-bond acceptors (Lipinski definition) is 6. The first-order valence-electron chi connectivity index (χ1n) is 14.2. The number of carboxylic acid groups (broad SMARTS) is 1. The first-order chi connectivity index (χ1) is 18.3. The van der Waals surface area contributed by atoms with Gasteiger partial charge in [0.1, 0.15) is 18.5 Å². The molecule has 2 aliphatic rings. The molecule has 1 aromatic heterocycles. The van der Waals surface area contributed by atoms with Gasteiger partial charge in [-0.25, -0.2) is 19.0 Å². The summed E-state index contributed by atoms with van der Waals surface area (Å²) in [6, 6.07) is 3.08. The van der Waals surface area contributed by atoms with Crippen LogP contribution in [0.5, 0.6) is 0 Å². The lowest BCUT2D eigenvalue weighted by Gasteiger charge is -2.39. The molecule has 1 aromatic rings. The van der Waals surface area contributed by atoms with Crippen LogP contribution in [0.15, 0.2) is 12.1 Å². The molecule has 0 aliphatic carbocycles. The van der Waals surface area contributed by atoms with Crippen molar-refractivity contribution in [1.82, 2.24) is 20.1 Å². The number of piperidine rings is 1. The molecule has 10 heteroatoms. The number of pyridine rings is 1. The number of unbranched alkanes of at least 4 members (excludes halogenated alkanes) is 1. The lowest BCUT2D eigenvalue weighted by molar-refractivity contribution is -0.139. The number of amides is 2. The highest BCUT2D eigenvalue weighted by Gasteiger charge is 2.31. The molecule has 0 unspecified atom stereocenters. The fourth-order valence-electron chi connectivity index (χ4n) is 5.53. The van der Waals surface area contributed by atoms with Crippen LogP contribution < -0.4 is 10.6 Å². The van der Waals surface area contributed by atoms with Crippen LogP contribution >= 0.6 is 0 Å². The summed E-state index contributed by atoms with van der Waals surface area (Å²) >= 11 is 0. The Morgan fingerprint density at radius 3 is 2.68 bits per heavy atom. The van der Waals surface area contributed by atoms with Crippen molar-refractivity contribution >= 4 is 17.8 Å². The number of urea groups is 1. The molecule has 214 valence electrons. The number of carbonyl (C=O) groups is 2. The second-order valence-corrected chi connectivity index (χ2v) is 10.8. The maximum atomic E-state index is 13.4. The number of ether oxygens (including phenoxy) is 1. The Labute approximate surface area is 226 Å². The van der Waals surface area contributed by atoms with Crippen LogP contribution in [0.4, 0.5) is 15.0 Å². The Balaban J connectivity index is 1.52. The molecule has 3 N–H and O–H groups in total. The number of fused-ring (bicyclic) bond motifs is 1. The van der Waals surface area contributed by atoms with E-state index in [0.717, 1.165) is 69.4 Å². The van der Waals surface area contributed by atoms with Crippen LogP contribution in [0, 0.1) is 0 Å². The number of nitrogens with zero attached hydrogens (tertiary/aromatic N) is 3. The van der Waals surface area contributed by atoms with Crippen LogP contribution in [-0.4, -0.2) is 96.1 Å². The average molecular weight is 536 g/mol. The summed E-state index contributed by atoms with van der Waals surface area (Å²) in [6.07, 6.45) is 7.39. The standard InChI is InChI=1S/C28H46FN5O4/c1-20-8-6-9-21(2)34(20)28(37)32-25(27(35)36)14-17-33(19-24(18-29)38-3)16-5-4-11-23-13-12-22-10-7-15-30-26(22)31-23/h12-13,20-21,24-25H,4-11,14-19H2,1-3H3,(H,30,31)(H,32,37)(H,35,36)/t20-,21-,24-,25+/m1/s1. The molecule has 0 bridgehead atoms. The van der Waals surface area contributed by atoms with Crippen molar-refractivity contribution in [1.29, 1.82) is 0 Å². The van der Waals surface area contributed by atoms with Crippen molar-refractivity contribution in [2.45, 2.75) is 95.9 Å². The fourth-order valence-corrected chi connectivity index (χ4v) is 5.53. The topological polar surface area (TPSA) is 107 Å². The molecule has 0 aromatic carbocycles. The SMILES string of the molecule is CO[C@H](CF)CN(CCCCc1ccc2c(n1)NCCC2)CC[C@H](NC(=O)N1[C@H](C)CCC[C@H]1C)C(=O)O. The number of likely N-dealkylation sites (tertiary alicyclic amines) is 1. The first-order valence-corrected chi connectivity index (χ1v) is 14.2. The van der Waals surface area contributed by atoms with E-state index >= 15 is 0 Å². The zero-order chi connectivity index (χ0) is 27.5. The fraction of sp³-hybridized carbons (Fsp3) is 0.750. The van der Waals surface area contributed by atoms with Gasteiger partial charge in [-0.05, 0) is 89.8 Å². The number of carboxylic acids is 1. The number of anilines is 1. The van der Waals surface area contributed by atoms with Crippen molar-refractivity contribution in [2.75, 3.05) is 45.3 Å². The highest BCUT2D eigenvalue weighted by Crippen LogP contribution is 2.23. The number of halogens is 1. The molecule has 0 spiro atoms. The second-order valence-electron chi connectivity index (χ2n) is 10.8. The van der Waals surface area contributed by atoms with Crippen molar-refractivity contribution in [3.63, 3.8) is 0 Å². The first kappa shape index (κ1) is 30.1. The number of methoxy groups -OCH3 is 1. The van der Waals surface area contributed by atoms with Crippen LogP contribution in [0.2, 0.25) is 0 Å². The summed E-state index contributed by atoms with van der Waals surface area (Å²) < 4.78 is 18.7. The molecule has 1 fully saturated rings. The largest absolute Gasteiger partial charge is 0.480 e. The van der Waals surface area contributed by atoms with E-state index in [-0.39, 0.29) is 24.5 Å². The number of hydrogen-bond donors (Lipinski definition) is 3. The van der Waals surface area contributed by atoms with Crippen molar-refractivity contribution in [3.05, 3.63) is 23.4 Å². The summed E-state index contributed by atoms with van der Waals surface area (Å²) in [7, 11) is 1.49. The van der Waals surface area contributed by atoms with Gasteiger partial charge < -0.3 is 30.3 Å². The summed E-state index contributed by atoms with van der Waals surface area (Å²) in [6.45, 7) is 5.83. The number of aromatic nitrogens is 1. The molecule has 0 radical (unpaired) electrons. The highest BCUT2D eigenvalue weighted by atomic mass is 19.1. The van der Waals surface area contributed by atoms with Gasteiger partial charge in [0.2, 0.25) is 0 Å². The van der Waals surface area contributed by atoms with Gasteiger partial charge in [0, 0.05) is 44.5 Å². The highest BCUT2D eigenvalue weighted by molar-refractivity contribution is 5.83. The van der Waals surface area contributed by atoms with Gasteiger partial charge in [0.25, 0.3) is 0 Å². The smallest absolute Gasteiger partial charge is 0.326 e. The quantitative estimate of drug-likeness (QED) is 0.311. The molecule has 1 saturated heterocycles. The van der Waals surface area contributed by atoms with Crippen LogP contribution in [-0.2, 0) is 22.4 Å². The second kappa shape index (κ2) is 15.2. The van der Waals surface area contributed by atoms with E-state index in [1.165, 1.54) is 12.7 Å². The van der Waals surface area contributed by atoms with Crippen LogP contribution in [0.25, 0.3) is 0 Å². The number of carbonyl (C=O) groups excluding carboxylic acids is 1. The maximum Gasteiger partial charge on any atom is 0.326 e. The monoisotopic (exact) mass is 535 g/mol. The van der Waals surface area contributed by atoms with Gasteiger partial charge in [-0.1, -0.05) is 6.07 Å². The predicted octanol–water partition coefficient (Wildman–Crippen LogP) is 3.86. The molecule has 38 heavy (non-hydrogen) atoms. The van der Waals surface area contributed by atoms with Gasteiger partial charge in [0.05, 0.1) is 6.10 Å². The third-order valence-electron chi connectivity index (χ3n) is 7.83.